The van der Waals surface area contributed by atoms with Crippen molar-refractivity contribution in [2.24, 2.45) is 0 Å². The van der Waals surface area contributed by atoms with E-state index >= 15 is 0 Å². The number of nitrogens with two attached hydrogens (primary N) is 1. The maximum Gasteiger partial charge on any atom is 0.253 e. The lowest BCUT2D eigenvalue weighted by molar-refractivity contribution is 0.0766. The number of rotatable bonds is 5. The molecule has 9 heteroatoms. The second-order valence-corrected chi connectivity index (χ2v) is 9.27. The van der Waals surface area contributed by atoms with Crippen molar-refractivity contribution in [3.63, 3.8) is 0 Å². The van der Waals surface area contributed by atoms with E-state index in [1.165, 1.54) is 0 Å². The number of hydrogen-bond donors (Lipinski definition) is 4. The Morgan fingerprint density at radius 1 is 1.06 bits per heavy atom. The van der Waals surface area contributed by atoms with E-state index in [-0.39, 0.29) is 22.5 Å². The molecule has 170 valence electrons. The third kappa shape index (κ3) is 5.50. The van der Waals surface area contributed by atoms with Gasteiger partial charge in [0.2, 0.25) is 0 Å². The van der Waals surface area contributed by atoms with E-state index < -0.39 is 10.7 Å². The molecule has 1 aromatic heterocycles. The maximum atomic E-state index is 12.8. The summed E-state index contributed by atoms with van der Waals surface area (Å²) in [5.74, 6) is 0.526. The van der Waals surface area contributed by atoms with Crippen LogP contribution in [0.4, 0.5) is 5.82 Å². The smallest absolute Gasteiger partial charge is 0.253 e. The number of amides is 1. The highest BCUT2D eigenvalue weighted by atomic mass is 32.2. The summed E-state index contributed by atoms with van der Waals surface area (Å²) >= 11 is 0. The van der Waals surface area contributed by atoms with Crippen molar-refractivity contribution < 1.29 is 4.79 Å². The van der Waals surface area contributed by atoms with Gasteiger partial charge < -0.3 is 16.0 Å². The summed E-state index contributed by atoms with van der Waals surface area (Å²) < 4.78 is 8.45. The monoisotopic (exact) mass is 461 g/mol. The molecule has 1 fully saturated rings. The van der Waals surface area contributed by atoms with Gasteiger partial charge in [-0.2, -0.15) is 0 Å². The molecule has 0 radical (unpaired) electrons. The minimum absolute atomic E-state index is 0.0343. The summed E-state index contributed by atoms with van der Waals surface area (Å²) in [7, 11) is -1.11. The van der Waals surface area contributed by atoms with Crippen LogP contribution in [0.3, 0.4) is 0 Å². The van der Waals surface area contributed by atoms with Crippen molar-refractivity contribution in [3.8, 4) is 11.3 Å². The van der Waals surface area contributed by atoms with E-state index in [0.717, 1.165) is 37.2 Å². The molecule has 2 heterocycles. The first-order chi connectivity index (χ1) is 16.0. The van der Waals surface area contributed by atoms with Crippen LogP contribution in [-0.4, -0.2) is 52.0 Å². The molecule has 1 unspecified atom stereocenters. The third-order valence-electron chi connectivity index (χ3n) is 5.50. The number of nitrogen functional groups attached to an aromatic ring is 1. The second-order valence-electron chi connectivity index (χ2n) is 7.79. The first kappa shape index (κ1) is 22.8. The van der Waals surface area contributed by atoms with Gasteiger partial charge in [0.15, 0.2) is 0 Å². The Hall–Kier alpha value is -3.43. The van der Waals surface area contributed by atoms with E-state index in [1.807, 2.05) is 59.5 Å². The average molecular weight is 462 g/mol. The molecule has 1 amide bonds. The van der Waals surface area contributed by atoms with E-state index in [0.29, 0.717) is 23.5 Å². The standard InChI is InChI=1S/C24H27N7OS/c25-22-21(16-33(27)23(26)18-5-2-1-3-6-18)30-20(15-29-22)17-7-9-19(10-8-17)24(32)31-13-4-11-28-12-14-31/h1-3,5-10,15,26-28H,4,11-14,16H2,(H2,25,29). The summed E-state index contributed by atoms with van der Waals surface area (Å²) in [5.41, 5.74) is 9.35. The number of benzene rings is 2. The number of aromatic nitrogens is 2. The number of hydrogen-bond acceptors (Lipinski definition) is 7. The van der Waals surface area contributed by atoms with Crippen LogP contribution in [0.15, 0.2) is 60.8 Å². The highest BCUT2D eigenvalue weighted by Crippen LogP contribution is 2.21. The van der Waals surface area contributed by atoms with Gasteiger partial charge in [-0.25, -0.2) is 9.97 Å². The first-order valence-corrected chi connectivity index (χ1v) is 12.2. The molecule has 0 saturated carbocycles. The molecular weight excluding hydrogens is 434 g/mol. The van der Waals surface area contributed by atoms with Crippen molar-refractivity contribution in [2.75, 3.05) is 31.9 Å². The van der Waals surface area contributed by atoms with Gasteiger partial charge in [-0.15, -0.1) is 0 Å². The molecule has 4 rings (SSSR count). The Kier molecular flexibility index (Phi) is 7.21. The number of carbonyl (C=O) groups is 1. The van der Waals surface area contributed by atoms with Gasteiger partial charge in [0.25, 0.3) is 5.91 Å². The van der Waals surface area contributed by atoms with Gasteiger partial charge in [0.05, 0.1) is 23.3 Å². The van der Waals surface area contributed by atoms with Gasteiger partial charge in [-0.3, -0.25) is 15.0 Å². The number of nitrogens with one attached hydrogen (secondary N) is 3. The second kappa shape index (κ2) is 10.5. The predicted octanol–water partition coefficient (Wildman–Crippen LogP) is 3.07. The van der Waals surface area contributed by atoms with Crippen LogP contribution >= 0.6 is 0 Å². The van der Waals surface area contributed by atoms with Crippen LogP contribution in [0.1, 0.15) is 28.0 Å². The molecule has 2 aromatic carbocycles. The van der Waals surface area contributed by atoms with E-state index in [1.54, 1.807) is 6.20 Å². The Balaban J connectivity index is 1.49. The Morgan fingerprint density at radius 2 is 1.82 bits per heavy atom. The third-order valence-corrected chi connectivity index (χ3v) is 6.79. The zero-order valence-corrected chi connectivity index (χ0v) is 19.1. The largest absolute Gasteiger partial charge is 0.382 e. The Morgan fingerprint density at radius 3 is 2.58 bits per heavy atom. The molecule has 33 heavy (non-hydrogen) atoms. The van der Waals surface area contributed by atoms with E-state index in [9.17, 15) is 4.79 Å². The highest BCUT2D eigenvalue weighted by Gasteiger charge is 2.17. The normalized spacial score (nSPS) is 15.0. The minimum Gasteiger partial charge on any atom is -0.382 e. The molecular formula is C24H27N7OS. The fraction of sp³-hybridized carbons (Fsp3) is 0.250. The van der Waals surface area contributed by atoms with Gasteiger partial charge in [0, 0.05) is 36.3 Å². The summed E-state index contributed by atoms with van der Waals surface area (Å²) in [6.07, 6.45) is 2.55. The van der Waals surface area contributed by atoms with Crippen molar-refractivity contribution in [1.82, 2.24) is 20.2 Å². The van der Waals surface area contributed by atoms with Crippen LogP contribution < -0.4 is 11.1 Å². The summed E-state index contributed by atoms with van der Waals surface area (Å²) in [6, 6.07) is 16.6. The molecule has 1 aliphatic rings. The topological polar surface area (TPSA) is 132 Å². The summed E-state index contributed by atoms with van der Waals surface area (Å²) in [4.78, 5) is 23.6. The van der Waals surface area contributed by atoms with Crippen LogP contribution in [0.2, 0.25) is 0 Å². The quantitative estimate of drug-likeness (QED) is 0.342. The van der Waals surface area contributed by atoms with Crippen molar-refractivity contribution >= 4 is 27.5 Å². The van der Waals surface area contributed by atoms with Crippen LogP contribution in [0, 0.1) is 10.2 Å². The summed E-state index contributed by atoms with van der Waals surface area (Å²) in [5, 5.41) is 11.9. The Labute approximate surface area is 195 Å². The molecule has 1 atom stereocenters. The molecule has 8 nitrogen and oxygen atoms in total. The van der Waals surface area contributed by atoms with Gasteiger partial charge >= 0.3 is 0 Å². The van der Waals surface area contributed by atoms with E-state index in [2.05, 4.69) is 15.3 Å². The lowest BCUT2D eigenvalue weighted by Gasteiger charge is -2.20. The molecule has 5 N–H and O–H groups in total. The van der Waals surface area contributed by atoms with Gasteiger partial charge in [-0.05, 0) is 35.8 Å². The molecule has 0 aliphatic carbocycles. The molecule has 1 aliphatic heterocycles. The molecule has 0 spiro atoms. The zero-order valence-electron chi connectivity index (χ0n) is 18.3. The van der Waals surface area contributed by atoms with Crippen molar-refractivity contribution in [3.05, 3.63) is 77.6 Å². The zero-order chi connectivity index (χ0) is 23.2. The van der Waals surface area contributed by atoms with Crippen molar-refractivity contribution in [1.29, 1.82) is 10.2 Å². The summed E-state index contributed by atoms with van der Waals surface area (Å²) in [6.45, 7) is 3.21. The maximum absolute atomic E-state index is 12.8. The average Bonchev–Trinajstić information content (AvgIpc) is 3.15. The fourth-order valence-corrected chi connectivity index (χ4v) is 4.69. The fourth-order valence-electron chi connectivity index (χ4n) is 3.64. The molecule has 3 aromatic rings. The first-order valence-electron chi connectivity index (χ1n) is 10.8. The molecule has 1 saturated heterocycles. The SMILES string of the molecule is N=C(c1ccccc1)S(=N)Cc1nc(-c2ccc(C(=O)N3CCCNCC3)cc2)cnc1N. The van der Waals surface area contributed by atoms with Crippen LogP contribution in [-0.2, 0) is 16.4 Å². The lowest BCUT2D eigenvalue weighted by atomic mass is 10.1. The lowest BCUT2D eigenvalue weighted by Crippen LogP contribution is -2.34. The number of anilines is 1. The predicted molar refractivity (Wildman–Crippen MR) is 132 cm³/mol. The van der Waals surface area contributed by atoms with Crippen LogP contribution in [0.25, 0.3) is 11.3 Å². The molecule has 0 bridgehead atoms. The number of nitrogens with zero attached hydrogens (tertiary/aromatic N) is 3. The van der Waals surface area contributed by atoms with Gasteiger partial charge in [0.1, 0.15) is 10.9 Å². The van der Waals surface area contributed by atoms with Crippen LogP contribution in [0.5, 0.6) is 0 Å². The Bertz CT molecular complexity index is 1160. The van der Waals surface area contributed by atoms with E-state index in [4.69, 9.17) is 15.9 Å². The minimum atomic E-state index is -1.11. The number of carbonyl (C=O) groups excluding carboxylic acids is 1. The van der Waals surface area contributed by atoms with Gasteiger partial charge in [-0.1, -0.05) is 42.5 Å². The highest BCUT2D eigenvalue weighted by molar-refractivity contribution is 8.01. The van der Waals surface area contributed by atoms with Crippen molar-refractivity contribution in [2.45, 2.75) is 12.2 Å².